The molecule has 2 atom stereocenters. The molecule has 2 aliphatic rings. The van der Waals surface area contributed by atoms with Crippen molar-refractivity contribution in [1.82, 2.24) is 4.90 Å². The van der Waals surface area contributed by atoms with E-state index in [9.17, 15) is 14.4 Å². The van der Waals surface area contributed by atoms with Gasteiger partial charge in [-0.05, 0) is 31.6 Å². The second-order valence-corrected chi connectivity index (χ2v) is 8.16. The third-order valence-electron chi connectivity index (χ3n) is 5.65. The molecule has 0 aliphatic carbocycles. The fourth-order valence-electron chi connectivity index (χ4n) is 4.08. The molecule has 166 valence electrons. The van der Waals surface area contributed by atoms with Gasteiger partial charge in [-0.25, -0.2) is 0 Å². The highest BCUT2D eigenvalue weighted by atomic mass is 16.7. The summed E-state index contributed by atoms with van der Waals surface area (Å²) in [7, 11) is 0. The number of benzene rings is 1. The molecule has 3 amide bonds. The number of allylic oxidation sites excluding steroid dienone is 1. The molecule has 31 heavy (non-hydrogen) atoms. The highest BCUT2D eigenvalue weighted by Crippen LogP contribution is 2.39. The Morgan fingerprint density at radius 2 is 2.16 bits per heavy atom. The van der Waals surface area contributed by atoms with Crippen LogP contribution in [0.3, 0.4) is 0 Å². The van der Waals surface area contributed by atoms with Gasteiger partial charge < -0.3 is 20.8 Å². The van der Waals surface area contributed by atoms with Gasteiger partial charge in [-0.2, -0.15) is 0 Å². The number of hydrogen-bond donors (Lipinski definition) is 2. The minimum absolute atomic E-state index is 0.00935. The van der Waals surface area contributed by atoms with Gasteiger partial charge in [-0.1, -0.05) is 43.1 Å². The van der Waals surface area contributed by atoms with Crippen LogP contribution in [0, 0.1) is 0 Å². The third-order valence-corrected chi connectivity index (χ3v) is 5.65. The minimum atomic E-state index is -0.772. The number of nitrogens with two attached hydrogens (primary N) is 1. The number of carbonyl (C=O) groups excluding carboxylic acids is 3. The van der Waals surface area contributed by atoms with Gasteiger partial charge in [-0.3, -0.25) is 14.4 Å². The molecule has 1 aromatic carbocycles. The Balaban J connectivity index is 1.68. The number of amides is 3. The smallest absolute Gasteiger partial charge is 0.247 e. The van der Waals surface area contributed by atoms with Crippen molar-refractivity contribution < 1.29 is 19.2 Å². The van der Waals surface area contributed by atoms with Crippen LogP contribution in [0.15, 0.2) is 41.6 Å². The van der Waals surface area contributed by atoms with Crippen molar-refractivity contribution in [3.05, 3.63) is 42.0 Å². The Bertz CT molecular complexity index is 911. The van der Waals surface area contributed by atoms with Crippen LogP contribution in [-0.4, -0.2) is 46.5 Å². The maximum absolute atomic E-state index is 12.4. The van der Waals surface area contributed by atoms with Crippen molar-refractivity contribution >= 4 is 29.1 Å². The van der Waals surface area contributed by atoms with Crippen molar-refractivity contribution in [2.24, 2.45) is 10.9 Å². The average molecular weight is 427 g/mol. The summed E-state index contributed by atoms with van der Waals surface area (Å²) in [6.07, 6.45) is 7.26. The molecule has 2 heterocycles. The van der Waals surface area contributed by atoms with Crippen LogP contribution in [0.2, 0.25) is 0 Å². The van der Waals surface area contributed by atoms with Gasteiger partial charge in [0.25, 0.3) is 0 Å². The van der Waals surface area contributed by atoms with Gasteiger partial charge >= 0.3 is 0 Å². The van der Waals surface area contributed by atoms with E-state index in [0.717, 1.165) is 24.8 Å². The van der Waals surface area contributed by atoms with E-state index in [0.29, 0.717) is 30.7 Å². The maximum atomic E-state index is 12.4. The van der Waals surface area contributed by atoms with Gasteiger partial charge in [0.05, 0.1) is 12.3 Å². The molecular formula is C23H30N4O4. The number of unbranched alkanes of at least 4 members (excludes halogenated alkanes) is 2. The van der Waals surface area contributed by atoms with Crippen LogP contribution < -0.4 is 11.1 Å². The molecule has 0 bridgehead atoms. The van der Waals surface area contributed by atoms with E-state index in [1.54, 1.807) is 13.0 Å². The van der Waals surface area contributed by atoms with E-state index in [1.807, 2.05) is 24.3 Å². The molecule has 1 saturated heterocycles. The molecule has 1 unspecified atom stereocenters. The summed E-state index contributed by atoms with van der Waals surface area (Å²) in [6, 6.07) is 6.72. The SMILES string of the molecule is C/C=C/C(=O)N1CC2(CC(c3cccc(NC(=O)CCCCC)c3)=NO2)C[C@H]1C(N)=O. The summed E-state index contributed by atoms with van der Waals surface area (Å²) in [5.41, 5.74) is 7.01. The van der Waals surface area contributed by atoms with Gasteiger partial charge in [0.15, 0.2) is 5.60 Å². The van der Waals surface area contributed by atoms with Crippen LogP contribution >= 0.6 is 0 Å². The molecule has 8 nitrogen and oxygen atoms in total. The zero-order valence-corrected chi connectivity index (χ0v) is 18.1. The number of nitrogens with zero attached hydrogens (tertiary/aromatic N) is 2. The van der Waals surface area contributed by atoms with E-state index in [-0.39, 0.29) is 18.4 Å². The molecule has 8 heteroatoms. The summed E-state index contributed by atoms with van der Waals surface area (Å²) in [6.45, 7) is 4.08. The number of hydrogen-bond acceptors (Lipinski definition) is 5. The molecule has 1 spiro atoms. The molecule has 3 N–H and O–H groups in total. The fourth-order valence-corrected chi connectivity index (χ4v) is 4.08. The van der Waals surface area contributed by atoms with Crippen LogP contribution in [0.4, 0.5) is 5.69 Å². The number of likely N-dealkylation sites (tertiary alicyclic amines) is 1. The Hall–Kier alpha value is -3.16. The lowest BCUT2D eigenvalue weighted by Gasteiger charge is -2.21. The van der Waals surface area contributed by atoms with Crippen molar-refractivity contribution in [1.29, 1.82) is 0 Å². The average Bonchev–Trinajstić information content (AvgIpc) is 3.33. The first kappa shape index (κ1) is 22.5. The number of anilines is 1. The van der Waals surface area contributed by atoms with Crippen LogP contribution in [-0.2, 0) is 19.2 Å². The minimum Gasteiger partial charge on any atom is -0.387 e. The zero-order valence-electron chi connectivity index (χ0n) is 18.1. The summed E-state index contributed by atoms with van der Waals surface area (Å²) in [5.74, 6) is -0.836. The number of rotatable bonds is 8. The quantitative estimate of drug-likeness (QED) is 0.491. The van der Waals surface area contributed by atoms with E-state index < -0.39 is 17.6 Å². The Morgan fingerprint density at radius 3 is 2.87 bits per heavy atom. The molecular weight excluding hydrogens is 396 g/mol. The third kappa shape index (κ3) is 5.31. The van der Waals surface area contributed by atoms with Crippen molar-refractivity contribution in [3.8, 4) is 0 Å². The van der Waals surface area contributed by atoms with E-state index in [1.165, 1.54) is 11.0 Å². The molecule has 3 rings (SSSR count). The number of carbonyl (C=O) groups is 3. The molecule has 0 radical (unpaired) electrons. The summed E-state index contributed by atoms with van der Waals surface area (Å²) in [4.78, 5) is 43.7. The Labute approximate surface area is 182 Å². The standard InChI is InChI=1S/C23H30N4O4/c1-3-5-6-11-20(28)25-17-10-7-9-16(12-17)18-13-23(31-26-18)14-19(22(24)30)27(15-23)21(29)8-4-2/h4,7-10,12,19H,3,5-6,11,13-15H2,1-2H3,(H2,24,30)(H,25,28)/b8-4+/t19-,23?/m0/s1. The second kappa shape index (κ2) is 9.76. The van der Waals surface area contributed by atoms with Crippen LogP contribution in [0.1, 0.15) is 57.9 Å². The lowest BCUT2D eigenvalue weighted by atomic mass is 9.91. The number of nitrogens with one attached hydrogen (secondary N) is 1. The molecule has 1 fully saturated rings. The van der Waals surface area contributed by atoms with Gasteiger partial charge in [0.2, 0.25) is 17.7 Å². The van der Waals surface area contributed by atoms with Gasteiger partial charge in [0.1, 0.15) is 6.04 Å². The lowest BCUT2D eigenvalue weighted by molar-refractivity contribution is -0.133. The van der Waals surface area contributed by atoms with Crippen molar-refractivity contribution in [3.63, 3.8) is 0 Å². The highest BCUT2D eigenvalue weighted by molar-refractivity contribution is 6.03. The van der Waals surface area contributed by atoms with Crippen molar-refractivity contribution in [2.75, 3.05) is 11.9 Å². The Morgan fingerprint density at radius 1 is 1.35 bits per heavy atom. The van der Waals surface area contributed by atoms with Gasteiger partial charge in [0, 0.05) is 30.5 Å². The van der Waals surface area contributed by atoms with Crippen molar-refractivity contribution in [2.45, 2.75) is 64.0 Å². The van der Waals surface area contributed by atoms with E-state index in [2.05, 4.69) is 17.4 Å². The maximum Gasteiger partial charge on any atom is 0.247 e. The highest BCUT2D eigenvalue weighted by Gasteiger charge is 2.52. The van der Waals surface area contributed by atoms with Crippen LogP contribution in [0.5, 0.6) is 0 Å². The zero-order chi connectivity index (χ0) is 22.4. The second-order valence-electron chi connectivity index (χ2n) is 8.16. The summed E-state index contributed by atoms with van der Waals surface area (Å²) >= 11 is 0. The predicted octanol–water partition coefficient (Wildman–Crippen LogP) is 2.73. The Kier molecular flexibility index (Phi) is 7.09. The molecule has 1 aromatic rings. The fraction of sp³-hybridized carbons (Fsp3) is 0.478. The largest absolute Gasteiger partial charge is 0.387 e. The van der Waals surface area contributed by atoms with E-state index >= 15 is 0 Å². The van der Waals surface area contributed by atoms with E-state index in [4.69, 9.17) is 10.6 Å². The van der Waals surface area contributed by atoms with Crippen LogP contribution in [0.25, 0.3) is 0 Å². The first-order valence-electron chi connectivity index (χ1n) is 10.8. The monoisotopic (exact) mass is 426 g/mol. The normalized spacial score (nSPS) is 22.6. The molecule has 0 aromatic heterocycles. The number of oxime groups is 1. The topological polar surface area (TPSA) is 114 Å². The summed E-state index contributed by atoms with van der Waals surface area (Å²) < 4.78 is 0. The number of primary amides is 1. The molecule has 0 saturated carbocycles. The first-order valence-corrected chi connectivity index (χ1v) is 10.8. The summed E-state index contributed by atoms with van der Waals surface area (Å²) in [5, 5.41) is 7.18. The first-order chi connectivity index (χ1) is 14.9. The predicted molar refractivity (Wildman–Crippen MR) is 118 cm³/mol. The molecule has 2 aliphatic heterocycles. The lowest BCUT2D eigenvalue weighted by Crippen LogP contribution is -2.43. The van der Waals surface area contributed by atoms with Gasteiger partial charge in [-0.15, -0.1) is 0 Å².